The number of aromatic nitrogens is 2. The highest BCUT2D eigenvalue weighted by molar-refractivity contribution is 6.30. The van der Waals surface area contributed by atoms with Crippen LogP contribution in [0.15, 0.2) is 58.1 Å². The number of halogens is 1. The maximum atomic E-state index is 13.0. The molecule has 0 aliphatic heterocycles. The second kappa shape index (κ2) is 10.2. The molecule has 0 spiro atoms. The van der Waals surface area contributed by atoms with Gasteiger partial charge in [-0.3, -0.25) is 19.1 Å². The third-order valence-corrected chi connectivity index (χ3v) is 5.14. The molecule has 0 fully saturated rings. The topological polar surface area (TPSA) is 110 Å². The molecule has 3 aromatic rings. The molecule has 0 unspecified atom stereocenters. The third-order valence-electron chi connectivity index (χ3n) is 4.90. The van der Waals surface area contributed by atoms with Crippen LogP contribution >= 0.6 is 11.6 Å². The van der Waals surface area contributed by atoms with Crippen molar-refractivity contribution in [2.24, 2.45) is 0 Å². The van der Waals surface area contributed by atoms with Crippen LogP contribution in [0.4, 0.5) is 11.5 Å². The Kier molecular flexibility index (Phi) is 7.37. The Morgan fingerprint density at radius 3 is 2.56 bits per heavy atom. The van der Waals surface area contributed by atoms with Crippen LogP contribution in [0.25, 0.3) is 0 Å². The molecule has 2 aromatic carbocycles. The zero-order valence-electron chi connectivity index (χ0n) is 17.9. The van der Waals surface area contributed by atoms with E-state index in [1.54, 1.807) is 18.2 Å². The number of nitrogens with two attached hydrogens (primary N) is 1. The van der Waals surface area contributed by atoms with Crippen molar-refractivity contribution in [1.29, 1.82) is 0 Å². The summed E-state index contributed by atoms with van der Waals surface area (Å²) in [6.07, 6.45) is 0.572. The monoisotopic (exact) mass is 456 g/mol. The maximum absolute atomic E-state index is 13.0. The van der Waals surface area contributed by atoms with E-state index in [4.69, 9.17) is 22.1 Å². The molecule has 32 heavy (non-hydrogen) atoms. The standard InChI is InChI=1S/C23H25ClN4O4/c1-3-11-27(19(29)14-32-18-10-9-17(24)12-15(18)2)20-21(25)28(23(31)26-22(20)30)13-16-7-5-4-6-8-16/h4-10,12H,3,11,13-14,25H2,1-2H3,(H,26,30,31). The molecule has 0 aliphatic carbocycles. The Balaban J connectivity index is 1.92. The second-order valence-electron chi connectivity index (χ2n) is 7.31. The average molecular weight is 457 g/mol. The predicted octanol–water partition coefficient (Wildman–Crippen LogP) is 2.95. The highest BCUT2D eigenvalue weighted by atomic mass is 35.5. The van der Waals surface area contributed by atoms with Crippen LogP contribution in [0.3, 0.4) is 0 Å². The summed E-state index contributed by atoms with van der Waals surface area (Å²) in [5.41, 5.74) is 6.42. The molecule has 3 N–H and O–H groups in total. The van der Waals surface area contributed by atoms with Gasteiger partial charge in [0.15, 0.2) is 12.3 Å². The molecular weight excluding hydrogens is 432 g/mol. The van der Waals surface area contributed by atoms with E-state index in [1.807, 2.05) is 44.2 Å². The largest absolute Gasteiger partial charge is 0.483 e. The summed E-state index contributed by atoms with van der Waals surface area (Å²) in [6, 6.07) is 14.3. The van der Waals surface area contributed by atoms with Crippen molar-refractivity contribution in [1.82, 2.24) is 9.55 Å². The van der Waals surface area contributed by atoms with Gasteiger partial charge in [-0.2, -0.15) is 0 Å². The van der Waals surface area contributed by atoms with E-state index in [9.17, 15) is 14.4 Å². The first-order chi connectivity index (χ1) is 15.3. The number of H-pyrrole nitrogens is 1. The quantitative estimate of drug-likeness (QED) is 0.541. The SMILES string of the molecule is CCCN(C(=O)COc1ccc(Cl)cc1C)c1c(N)n(Cc2ccccc2)c(=O)[nH]c1=O. The zero-order chi connectivity index (χ0) is 23.3. The first-order valence-electron chi connectivity index (χ1n) is 10.2. The minimum absolute atomic E-state index is 0.0659. The first-order valence-corrected chi connectivity index (χ1v) is 10.6. The molecule has 0 aliphatic rings. The van der Waals surface area contributed by atoms with Crippen molar-refractivity contribution in [3.05, 3.63) is 85.5 Å². The molecule has 0 saturated heterocycles. The van der Waals surface area contributed by atoms with Crippen LogP contribution in [-0.4, -0.2) is 28.6 Å². The van der Waals surface area contributed by atoms with Crippen LogP contribution < -0.4 is 26.6 Å². The summed E-state index contributed by atoms with van der Waals surface area (Å²) in [5, 5.41) is 0.564. The summed E-state index contributed by atoms with van der Waals surface area (Å²) in [5.74, 6) is -0.0227. The molecule has 1 amide bonds. The number of anilines is 2. The fourth-order valence-corrected chi connectivity index (χ4v) is 3.56. The van der Waals surface area contributed by atoms with Gasteiger partial charge in [0.05, 0.1) is 6.54 Å². The summed E-state index contributed by atoms with van der Waals surface area (Å²) in [4.78, 5) is 41.6. The van der Waals surface area contributed by atoms with E-state index in [0.717, 1.165) is 11.1 Å². The van der Waals surface area contributed by atoms with E-state index in [-0.39, 0.29) is 31.2 Å². The number of rotatable bonds is 8. The number of benzene rings is 2. The molecule has 168 valence electrons. The molecule has 1 aromatic heterocycles. The summed E-state index contributed by atoms with van der Waals surface area (Å²) in [7, 11) is 0. The van der Waals surface area contributed by atoms with Gasteiger partial charge < -0.3 is 15.4 Å². The predicted molar refractivity (Wildman–Crippen MR) is 126 cm³/mol. The normalized spacial score (nSPS) is 10.7. The lowest BCUT2D eigenvalue weighted by Gasteiger charge is -2.24. The fourth-order valence-electron chi connectivity index (χ4n) is 3.34. The van der Waals surface area contributed by atoms with Gasteiger partial charge in [0, 0.05) is 11.6 Å². The van der Waals surface area contributed by atoms with Gasteiger partial charge in [-0.05, 0) is 42.7 Å². The number of amides is 1. The molecule has 0 atom stereocenters. The Bertz CT molecular complexity index is 1220. The van der Waals surface area contributed by atoms with Gasteiger partial charge in [0.2, 0.25) is 0 Å². The number of aromatic amines is 1. The van der Waals surface area contributed by atoms with E-state index in [0.29, 0.717) is 17.2 Å². The number of aryl methyl sites for hydroxylation is 1. The summed E-state index contributed by atoms with van der Waals surface area (Å²) in [6.45, 7) is 3.77. The third kappa shape index (κ3) is 5.20. The van der Waals surface area contributed by atoms with E-state index in [2.05, 4.69) is 4.98 Å². The Morgan fingerprint density at radius 1 is 1.19 bits per heavy atom. The fraction of sp³-hybridized carbons (Fsp3) is 0.261. The highest BCUT2D eigenvalue weighted by Crippen LogP contribution is 2.23. The van der Waals surface area contributed by atoms with Crippen LogP contribution in [0, 0.1) is 6.92 Å². The zero-order valence-corrected chi connectivity index (χ0v) is 18.7. The van der Waals surface area contributed by atoms with Crippen LogP contribution in [0.5, 0.6) is 5.75 Å². The second-order valence-corrected chi connectivity index (χ2v) is 7.75. The van der Waals surface area contributed by atoms with Gasteiger partial charge >= 0.3 is 5.69 Å². The van der Waals surface area contributed by atoms with Crippen molar-refractivity contribution in [2.45, 2.75) is 26.8 Å². The smallest absolute Gasteiger partial charge is 0.330 e. The van der Waals surface area contributed by atoms with Crippen molar-refractivity contribution < 1.29 is 9.53 Å². The van der Waals surface area contributed by atoms with Gasteiger partial charge in [-0.1, -0.05) is 48.9 Å². The molecule has 0 radical (unpaired) electrons. The molecule has 3 rings (SSSR count). The van der Waals surface area contributed by atoms with E-state index >= 15 is 0 Å². The molecule has 0 saturated carbocycles. The summed E-state index contributed by atoms with van der Waals surface area (Å²) < 4.78 is 6.90. The lowest BCUT2D eigenvalue weighted by atomic mass is 10.2. The molecular formula is C23H25ClN4O4. The number of nitrogen functional groups attached to an aromatic ring is 1. The minimum atomic E-state index is -0.721. The summed E-state index contributed by atoms with van der Waals surface area (Å²) >= 11 is 5.96. The van der Waals surface area contributed by atoms with Gasteiger partial charge in [0.25, 0.3) is 11.5 Å². The number of ether oxygens (including phenoxy) is 1. The lowest BCUT2D eigenvalue weighted by molar-refractivity contribution is -0.120. The lowest BCUT2D eigenvalue weighted by Crippen LogP contribution is -2.43. The molecule has 8 nitrogen and oxygen atoms in total. The maximum Gasteiger partial charge on any atom is 0.330 e. The minimum Gasteiger partial charge on any atom is -0.483 e. The van der Waals surface area contributed by atoms with Crippen molar-refractivity contribution in [3.8, 4) is 5.75 Å². The van der Waals surface area contributed by atoms with Gasteiger partial charge in [-0.15, -0.1) is 0 Å². The molecule has 9 heteroatoms. The van der Waals surface area contributed by atoms with Crippen LogP contribution in [0.2, 0.25) is 5.02 Å². The van der Waals surface area contributed by atoms with E-state index in [1.165, 1.54) is 9.47 Å². The molecule has 1 heterocycles. The van der Waals surface area contributed by atoms with Gasteiger partial charge in [0.1, 0.15) is 11.6 Å². The number of hydrogen-bond acceptors (Lipinski definition) is 5. The number of carbonyl (C=O) groups excluding carboxylic acids is 1. The van der Waals surface area contributed by atoms with Crippen molar-refractivity contribution in [3.63, 3.8) is 0 Å². The van der Waals surface area contributed by atoms with Crippen LogP contribution in [0.1, 0.15) is 24.5 Å². The van der Waals surface area contributed by atoms with Crippen molar-refractivity contribution in [2.75, 3.05) is 23.8 Å². The Hall–Kier alpha value is -3.52. The van der Waals surface area contributed by atoms with E-state index < -0.39 is 17.2 Å². The van der Waals surface area contributed by atoms with Gasteiger partial charge in [-0.25, -0.2) is 4.79 Å². The number of nitrogens with one attached hydrogen (secondary N) is 1. The highest BCUT2D eigenvalue weighted by Gasteiger charge is 2.24. The Morgan fingerprint density at radius 2 is 1.91 bits per heavy atom. The number of hydrogen-bond donors (Lipinski definition) is 2. The first kappa shape index (κ1) is 23.1. The van der Waals surface area contributed by atoms with Crippen LogP contribution in [-0.2, 0) is 11.3 Å². The average Bonchev–Trinajstić information content (AvgIpc) is 2.76. The Labute approximate surface area is 190 Å². The van der Waals surface area contributed by atoms with Crippen molar-refractivity contribution >= 4 is 29.0 Å². The molecule has 0 bridgehead atoms. The number of carbonyl (C=O) groups is 1. The number of nitrogens with zero attached hydrogens (tertiary/aromatic N) is 2.